The molecule has 174 valence electrons. The number of methoxy groups -OCH3 is 1. The Morgan fingerprint density at radius 2 is 1.94 bits per heavy atom. The van der Waals surface area contributed by atoms with Crippen LogP contribution in [0.15, 0.2) is 23.2 Å². The fourth-order valence-electron chi connectivity index (χ4n) is 4.41. The van der Waals surface area contributed by atoms with E-state index in [9.17, 15) is 4.39 Å². The molecule has 1 aliphatic heterocycles. The molecule has 2 fully saturated rings. The normalized spacial score (nSPS) is 18.4. The molecule has 1 saturated carbocycles. The van der Waals surface area contributed by atoms with Gasteiger partial charge in [-0.3, -0.25) is 4.90 Å². The average molecular weight is 444 g/mol. The Balaban J connectivity index is 1.38. The number of aromatic nitrogens is 3. The van der Waals surface area contributed by atoms with Crippen LogP contribution >= 0.6 is 0 Å². The Morgan fingerprint density at radius 3 is 2.56 bits per heavy atom. The molecule has 2 aliphatic rings. The molecule has 0 amide bonds. The third-order valence-corrected chi connectivity index (χ3v) is 6.54. The number of guanidine groups is 1. The number of piperazine rings is 1. The predicted molar refractivity (Wildman–Crippen MR) is 122 cm³/mol. The summed E-state index contributed by atoms with van der Waals surface area (Å²) in [5.74, 6) is 2.71. The lowest BCUT2D eigenvalue weighted by atomic mass is 10.2. The van der Waals surface area contributed by atoms with Crippen LogP contribution in [-0.4, -0.2) is 69.9 Å². The van der Waals surface area contributed by atoms with E-state index >= 15 is 0 Å². The smallest absolute Gasteiger partial charge is 0.194 e. The summed E-state index contributed by atoms with van der Waals surface area (Å²) in [7, 11) is 3.46. The van der Waals surface area contributed by atoms with Crippen molar-refractivity contribution in [2.45, 2.75) is 51.7 Å². The monoisotopic (exact) mass is 443 g/mol. The van der Waals surface area contributed by atoms with Crippen LogP contribution in [0.25, 0.3) is 0 Å². The van der Waals surface area contributed by atoms with E-state index in [0.29, 0.717) is 12.6 Å². The van der Waals surface area contributed by atoms with Crippen molar-refractivity contribution in [3.63, 3.8) is 0 Å². The molecule has 1 saturated heterocycles. The van der Waals surface area contributed by atoms with Gasteiger partial charge in [0.15, 0.2) is 23.4 Å². The van der Waals surface area contributed by atoms with Gasteiger partial charge in [-0.1, -0.05) is 18.9 Å². The van der Waals surface area contributed by atoms with Gasteiger partial charge in [-0.2, -0.15) is 0 Å². The molecular formula is C23H34FN7O. The van der Waals surface area contributed by atoms with Crippen molar-refractivity contribution >= 4 is 5.96 Å². The number of benzene rings is 1. The van der Waals surface area contributed by atoms with E-state index in [-0.39, 0.29) is 11.6 Å². The van der Waals surface area contributed by atoms with Gasteiger partial charge in [0, 0.05) is 45.8 Å². The standard InChI is InChI=1S/C23H34FN7O/c1-17-27-28-22(29(17)2)15-25-23(26-19-6-4-5-7-19)31-12-10-30(11-13-31)16-18-8-9-21(32-3)20(24)14-18/h8-9,14,19H,4-7,10-13,15-16H2,1-3H3,(H,25,26). The zero-order chi connectivity index (χ0) is 22.5. The molecule has 1 aliphatic carbocycles. The molecular weight excluding hydrogens is 409 g/mol. The predicted octanol–water partition coefficient (Wildman–Crippen LogP) is 2.48. The number of hydrogen-bond donors (Lipinski definition) is 1. The van der Waals surface area contributed by atoms with Crippen molar-refractivity contribution in [1.29, 1.82) is 0 Å². The molecule has 2 aromatic rings. The van der Waals surface area contributed by atoms with Crippen LogP contribution in [-0.2, 0) is 20.1 Å². The summed E-state index contributed by atoms with van der Waals surface area (Å²) < 4.78 is 21.0. The van der Waals surface area contributed by atoms with Crippen LogP contribution in [0.3, 0.4) is 0 Å². The number of rotatable bonds is 6. The molecule has 9 heteroatoms. The minimum Gasteiger partial charge on any atom is -0.494 e. The summed E-state index contributed by atoms with van der Waals surface area (Å²) in [4.78, 5) is 9.62. The summed E-state index contributed by atoms with van der Waals surface area (Å²) in [5.41, 5.74) is 0.965. The Hall–Kier alpha value is -2.68. The third kappa shape index (κ3) is 5.38. The lowest BCUT2D eigenvalue weighted by Gasteiger charge is -2.37. The summed E-state index contributed by atoms with van der Waals surface area (Å²) in [6.07, 6.45) is 4.95. The first kappa shape index (κ1) is 22.5. The van der Waals surface area contributed by atoms with Gasteiger partial charge in [0.1, 0.15) is 12.4 Å². The van der Waals surface area contributed by atoms with Gasteiger partial charge in [-0.15, -0.1) is 10.2 Å². The lowest BCUT2D eigenvalue weighted by molar-refractivity contribution is 0.171. The molecule has 1 aromatic heterocycles. The van der Waals surface area contributed by atoms with Crippen molar-refractivity contribution < 1.29 is 9.13 Å². The fraction of sp³-hybridized carbons (Fsp3) is 0.609. The first-order chi connectivity index (χ1) is 15.5. The van der Waals surface area contributed by atoms with Gasteiger partial charge in [0.25, 0.3) is 0 Å². The highest BCUT2D eigenvalue weighted by atomic mass is 19.1. The number of aryl methyl sites for hydroxylation is 1. The van der Waals surface area contributed by atoms with Crippen molar-refractivity contribution in [3.05, 3.63) is 41.2 Å². The molecule has 0 atom stereocenters. The van der Waals surface area contributed by atoms with Crippen LogP contribution < -0.4 is 10.1 Å². The van der Waals surface area contributed by atoms with Gasteiger partial charge in [-0.25, -0.2) is 9.38 Å². The lowest BCUT2D eigenvalue weighted by Crippen LogP contribution is -2.53. The van der Waals surface area contributed by atoms with Crippen LogP contribution in [0.4, 0.5) is 4.39 Å². The first-order valence-electron chi connectivity index (χ1n) is 11.5. The topological polar surface area (TPSA) is 70.8 Å². The number of halogens is 1. The molecule has 1 N–H and O–H groups in total. The second-order valence-electron chi connectivity index (χ2n) is 8.72. The van der Waals surface area contributed by atoms with E-state index in [2.05, 4.69) is 25.3 Å². The highest BCUT2D eigenvalue weighted by Gasteiger charge is 2.24. The molecule has 0 radical (unpaired) electrons. The third-order valence-electron chi connectivity index (χ3n) is 6.54. The molecule has 1 aromatic carbocycles. The number of ether oxygens (including phenoxy) is 1. The van der Waals surface area contributed by atoms with Crippen LogP contribution in [0.1, 0.15) is 42.9 Å². The maximum Gasteiger partial charge on any atom is 0.194 e. The van der Waals surface area contributed by atoms with Crippen molar-refractivity contribution in [3.8, 4) is 5.75 Å². The number of nitrogens with zero attached hydrogens (tertiary/aromatic N) is 6. The zero-order valence-electron chi connectivity index (χ0n) is 19.3. The fourth-order valence-corrected chi connectivity index (χ4v) is 4.41. The molecule has 8 nitrogen and oxygen atoms in total. The SMILES string of the molecule is COc1ccc(CN2CCN(C(=NCc3nnc(C)n3C)NC3CCCC3)CC2)cc1F. The van der Waals surface area contributed by atoms with Gasteiger partial charge >= 0.3 is 0 Å². The number of aliphatic imine (C=N–C) groups is 1. The van der Waals surface area contributed by atoms with Gasteiger partial charge in [0.2, 0.25) is 0 Å². The van der Waals surface area contributed by atoms with Crippen LogP contribution in [0.5, 0.6) is 5.75 Å². The quantitative estimate of drug-likeness (QED) is 0.546. The summed E-state index contributed by atoms with van der Waals surface area (Å²) in [6.45, 7) is 6.77. The van der Waals surface area contributed by atoms with E-state index in [0.717, 1.165) is 55.9 Å². The van der Waals surface area contributed by atoms with Crippen LogP contribution in [0, 0.1) is 12.7 Å². The maximum absolute atomic E-state index is 14.0. The van der Waals surface area contributed by atoms with E-state index in [1.165, 1.54) is 32.8 Å². The molecule has 0 unspecified atom stereocenters. The average Bonchev–Trinajstić information content (AvgIpc) is 3.42. The first-order valence-corrected chi connectivity index (χ1v) is 11.5. The van der Waals surface area contributed by atoms with Gasteiger partial charge in [-0.05, 0) is 37.5 Å². The molecule has 0 spiro atoms. The highest BCUT2D eigenvalue weighted by Crippen LogP contribution is 2.20. The minimum atomic E-state index is -0.308. The Kier molecular flexibility index (Phi) is 7.24. The number of nitrogens with one attached hydrogen (secondary N) is 1. The van der Waals surface area contributed by atoms with Crippen molar-refractivity contribution in [2.75, 3.05) is 33.3 Å². The Labute approximate surface area is 189 Å². The van der Waals surface area contributed by atoms with E-state index in [1.54, 1.807) is 12.1 Å². The Bertz CT molecular complexity index is 930. The van der Waals surface area contributed by atoms with Gasteiger partial charge in [0.05, 0.1) is 7.11 Å². The Morgan fingerprint density at radius 1 is 1.19 bits per heavy atom. The second kappa shape index (κ2) is 10.3. The molecule has 4 rings (SSSR count). The summed E-state index contributed by atoms with van der Waals surface area (Å²) >= 11 is 0. The molecule has 2 heterocycles. The summed E-state index contributed by atoms with van der Waals surface area (Å²) in [6, 6.07) is 5.70. The minimum absolute atomic E-state index is 0.288. The molecule has 32 heavy (non-hydrogen) atoms. The highest BCUT2D eigenvalue weighted by molar-refractivity contribution is 5.80. The van der Waals surface area contributed by atoms with E-state index in [4.69, 9.17) is 9.73 Å². The summed E-state index contributed by atoms with van der Waals surface area (Å²) in [5, 5.41) is 12.1. The maximum atomic E-state index is 14.0. The molecule has 0 bridgehead atoms. The van der Waals surface area contributed by atoms with Crippen LogP contribution in [0.2, 0.25) is 0 Å². The second-order valence-corrected chi connectivity index (χ2v) is 8.72. The largest absolute Gasteiger partial charge is 0.494 e. The van der Waals surface area contributed by atoms with E-state index < -0.39 is 0 Å². The van der Waals surface area contributed by atoms with Crippen molar-refractivity contribution in [2.24, 2.45) is 12.0 Å². The van der Waals surface area contributed by atoms with Crippen molar-refractivity contribution in [1.82, 2.24) is 29.9 Å². The van der Waals surface area contributed by atoms with E-state index in [1.807, 2.05) is 24.6 Å². The van der Waals surface area contributed by atoms with Gasteiger partial charge < -0.3 is 19.5 Å². The number of hydrogen-bond acceptors (Lipinski definition) is 5. The zero-order valence-corrected chi connectivity index (χ0v) is 19.3.